The number of thioether (sulfide) groups is 1. The van der Waals surface area contributed by atoms with Gasteiger partial charge in [0.05, 0.1) is 0 Å². The van der Waals surface area contributed by atoms with Crippen molar-refractivity contribution in [2.45, 2.75) is 50.3 Å². The molecule has 1 aliphatic carbocycles. The van der Waals surface area contributed by atoms with E-state index in [2.05, 4.69) is 30.7 Å². The molecule has 1 rings (SSSR count). The molecule has 3 nitrogen and oxygen atoms in total. The van der Waals surface area contributed by atoms with Crippen LogP contribution in [-0.4, -0.2) is 36.0 Å². The van der Waals surface area contributed by atoms with Gasteiger partial charge < -0.3 is 10.6 Å². The molecule has 0 aliphatic heterocycles. The fourth-order valence-corrected chi connectivity index (χ4v) is 2.76. The summed E-state index contributed by atoms with van der Waals surface area (Å²) in [5, 5.41) is 6.30. The second-order valence-corrected chi connectivity index (χ2v) is 6.15. The quantitative estimate of drug-likeness (QED) is 0.717. The Morgan fingerprint density at radius 3 is 2.56 bits per heavy atom. The summed E-state index contributed by atoms with van der Waals surface area (Å²) in [6, 6.07) is 0.456. The first-order valence-corrected chi connectivity index (χ1v) is 7.36. The highest BCUT2D eigenvalue weighted by Gasteiger charge is 2.36. The van der Waals surface area contributed by atoms with E-state index in [1.807, 2.05) is 11.8 Å². The Labute approximate surface area is 103 Å². The van der Waals surface area contributed by atoms with E-state index < -0.39 is 0 Å². The molecular formula is C12H24N2OS. The zero-order valence-corrected chi connectivity index (χ0v) is 11.5. The molecule has 94 valence electrons. The van der Waals surface area contributed by atoms with Crippen molar-refractivity contribution in [1.82, 2.24) is 10.6 Å². The predicted molar refractivity (Wildman–Crippen MR) is 70.9 cm³/mol. The fourth-order valence-electron chi connectivity index (χ4n) is 1.85. The van der Waals surface area contributed by atoms with Gasteiger partial charge in [-0.25, -0.2) is 0 Å². The Balaban J connectivity index is 2.10. The number of hydrogen-bond donors (Lipinski definition) is 2. The lowest BCUT2D eigenvalue weighted by Crippen LogP contribution is -2.45. The van der Waals surface area contributed by atoms with Crippen molar-refractivity contribution in [3.63, 3.8) is 0 Å². The standard InChI is InChI=1S/C12H24N2OS/c1-10(2)13-8-5-11(15)14-9-12(16-3)6-4-7-12/h10,13H,4-9H2,1-3H3,(H,14,15). The van der Waals surface area contributed by atoms with Crippen molar-refractivity contribution in [2.75, 3.05) is 19.3 Å². The summed E-state index contributed by atoms with van der Waals surface area (Å²) in [5.74, 6) is 0.175. The van der Waals surface area contributed by atoms with Crippen LogP contribution in [-0.2, 0) is 4.79 Å². The molecule has 1 fully saturated rings. The minimum Gasteiger partial charge on any atom is -0.355 e. The third kappa shape index (κ3) is 4.34. The van der Waals surface area contributed by atoms with Crippen LogP contribution in [0, 0.1) is 0 Å². The second kappa shape index (κ2) is 6.50. The molecule has 1 amide bonds. The predicted octanol–water partition coefficient (Wildman–Crippen LogP) is 1.78. The highest BCUT2D eigenvalue weighted by Crippen LogP contribution is 2.42. The van der Waals surface area contributed by atoms with Gasteiger partial charge in [-0.1, -0.05) is 20.3 Å². The average Bonchev–Trinajstić information content (AvgIpc) is 2.16. The molecule has 0 radical (unpaired) electrons. The van der Waals surface area contributed by atoms with Crippen molar-refractivity contribution in [1.29, 1.82) is 0 Å². The molecule has 0 heterocycles. The lowest BCUT2D eigenvalue weighted by molar-refractivity contribution is -0.121. The molecule has 2 N–H and O–H groups in total. The van der Waals surface area contributed by atoms with Crippen LogP contribution in [0.15, 0.2) is 0 Å². The van der Waals surface area contributed by atoms with Gasteiger partial charge in [0, 0.05) is 30.3 Å². The van der Waals surface area contributed by atoms with Crippen molar-refractivity contribution in [3.05, 3.63) is 0 Å². The number of carbonyl (C=O) groups excluding carboxylic acids is 1. The van der Waals surface area contributed by atoms with E-state index in [9.17, 15) is 4.79 Å². The Morgan fingerprint density at radius 1 is 1.44 bits per heavy atom. The maximum atomic E-state index is 11.6. The van der Waals surface area contributed by atoms with Crippen molar-refractivity contribution >= 4 is 17.7 Å². The molecule has 4 heteroatoms. The van der Waals surface area contributed by atoms with Crippen LogP contribution >= 0.6 is 11.8 Å². The third-order valence-electron chi connectivity index (χ3n) is 3.21. The number of nitrogens with one attached hydrogen (secondary N) is 2. The summed E-state index contributed by atoms with van der Waals surface area (Å²) in [5.41, 5.74) is 0. The van der Waals surface area contributed by atoms with Crippen LogP contribution in [0.5, 0.6) is 0 Å². The molecular weight excluding hydrogens is 220 g/mol. The molecule has 0 aromatic carbocycles. The molecule has 0 spiro atoms. The minimum atomic E-state index is 0.175. The van der Waals surface area contributed by atoms with Gasteiger partial charge in [-0.05, 0) is 19.1 Å². The zero-order chi connectivity index (χ0) is 12.0. The summed E-state index contributed by atoms with van der Waals surface area (Å²) in [7, 11) is 0. The van der Waals surface area contributed by atoms with E-state index in [0.29, 0.717) is 17.2 Å². The summed E-state index contributed by atoms with van der Waals surface area (Å²) in [6.45, 7) is 5.80. The smallest absolute Gasteiger partial charge is 0.221 e. The second-order valence-electron chi connectivity index (χ2n) is 4.88. The zero-order valence-electron chi connectivity index (χ0n) is 10.6. The maximum Gasteiger partial charge on any atom is 0.221 e. The third-order valence-corrected chi connectivity index (χ3v) is 4.63. The van der Waals surface area contributed by atoms with E-state index in [1.54, 1.807) is 0 Å². The van der Waals surface area contributed by atoms with Gasteiger partial charge in [0.1, 0.15) is 0 Å². The van der Waals surface area contributed by atoms with Crippen molar-refractivity contribution < 1.29 is 4.79 Å². The van der Waals surface area contributed by atoms with E-state index in [4.69, 9.17) is 0 Å². The van der Waals surface area contributed by atoms with E-state index in [0.717, 1.165) is 13.1 Å². The van der Waals surface area contributed by atoms with E-state index in [-0.39, 0.29) is 5.91 Å². The van der Waals surface area contributed by atoms with Gasteiger partial charge >= 0.3 is 0 Å². The Kier molecular flexibility index (Phi) is 5.62. The lowest BCUT2D eigenvalue weighted by Gasteiger charge is -2.40. The van der Waals surface area contributed by atoms with Crippen LogP contribution in [0.4, 0.5) is 0 Å². The van der Waals surface area contributed by atoms with Crippen LogP contribution in [0.1, 0.15) is 39.5 Å². The van der Waals surface area contributed by atoms with Crippen LogP contribution in [0.3, 0.4) is 0 Å². The molecule has 1 aliphatic rings. The number of rotatable bonds is 7. The molecule has 0 aromatic heterocycles. The molecule has 0 bridgehead atoms. The largest absolute Gasteiger partial charge is 0.355 e. The van der Waals surface area contributed by atoms with Gasteiger partial charge in [-0.15, -0.1) is 0 Å². The first-order chi connectivity index (χ1) is 7.58. The Hall–Kier alpha value is -0.220. The van der Waals surface area contributed by atoms with Crippen LogP contribution in [0.25, 0.3) is 0 Å². The number of hydrogen-bond acceptors (Lipinski definition) is 3. The summed E-state index contributed by atoms with van der Waals surface area (Å²) >= 11 is 1.90. The summed E-state index contributed by atoms with van der Waals surface area (Å²) < 4.78 is 0.348. The van der Waals surface area contributed by atoms with Gasteiger partial charge in [-0.2, -0.15) is 11.8 Å². The SMILES string of the molecule is CSC1(CNC(=O)CCNC(C)C)CCC1. The van der Waals surface area contributed by atoms with Crippen molar-refractivity contribution in [2.24, 2.45) is 0 Å². The van der Waals surface area contributed by atoms with Gasteiger partial charge in [0.25, 0.3) is 0 Å². The highest BCUT2D eigenvalue weighted by molar-refractivity contribution is 8.00. The first kappa shape index (κ1) is 13.8. The fraction of sp³-hybridized carbons (Fsp3) is 0.917. The molecule has 0 aromatic rings. The Bertz CT molecular complexity index is 222. The molecule has 0 unspecified atom stereocenters. The summed E-state index contributed by atoms with van der Waals surface area (Å²) in [6.07, 6.45) is 6.54. The highest BCUT2D eigenvalue weighted by atomic mass is 32.2. The van der Waals surface area contributed by atoms with Gasteiger partial charge in [0.2, 0.25) is 5.91 Å². The molecule has 16 heavy (non-hydrogen) atoms. The number of amides is 1. The van der Waals surface area contributed by atoms with Gasteiger partial charge in [0.15, 0.2) is 0 Å². The molecule has 1 saturated carbocycles. The van der Waals surface area contributed by atoms with E-state index >= 15 is 0 Å². The average molecular weight is 244 g/mol. The lowest BCUT2D eigenvalue weighted by atomic mass is 9.84. The minimum absolute atomic E-state index is 0.175. The first-order valence-electron chi connectivity index (χ1n) is 6.13. The van der Waals surface area contributed by atoms with Crippen LogP contribution in [0.2, 0.25) is 0 Å². The Morgan fingerprint density at radius 2 is 2.12 bits per heavy atom. The number of carbonyl (C=O) groups is 1. The van der Waals surface area contributed by atoms with Crippen molar-refractivity contribution in [3.8, 4) is 0 Å². The topological polar surface area (TPSA) is 41.1 Å². The van der Waals surface area contributed by atoms with Crippen LogP contribution < -0.4 is 10.6 Å². The van der Waals surface area contributed by atoms with Gasteiger partial charge in [-0.3, -0.25) is 4.79 Å². The van der Waals surface area contributed by atoms with E-state index in [1.165, 1.54) is 19.3 Å². The maximum absolute atomic E-state index is 11.6. The summed E-state index contributed by atoms with van der Waals surface area (Å²) in [4.78, 5) is 11.6. The molecule has 0 saturated heterocycles. The monoisotopic (exact) mass is 244 g/mol. The molecule has 0 atom stereocenters. The normalized spacial score (nSPS) is 18.2.